The fraction of sp³-hybridized carbons (Fsp3) is 0.538. The zero-order valence-corrected chi connectivity index (χ0v) is 12.4. The molecule has 1 amide bonds. The van der Waals surface area contributed by atoms with E-state index in [1.165, 1.54) is 6.20 Å². The lowest BCUT2D eigenvalue weighted by atomic mass is 10.1. The van der Waals surface area contributed by atoms with Gasteiger partial charge < -0.3 is 9.88 Å². The number of aromatic nitrogens is 1. The highest BCUT2D eigenvalue weighted by Crippen LogP contribution is 2.24. The van der Waals surface area contributed by atoms with Crippen LogP contribution >= 0.6 is 15.9 Å². The van der Waals surface area contributed by atoms with Crippen molar-refractivity contribution in [3.05, 3.63) is 32.2 Å². The molecule has 1 aliphatic rings. The third kappa shape index (κ3) is 2.11. The smallest absolute Gasteiger partial charge is 0.259 e. The molecule has 2 atom stereocenters. The zero-order chi connectivity index (χ0) is 13.4. The fourth-order valence-corrected chi connectivity index (χ4v) is 2.62. The van der Waals surface area contributed by atoms with Crippen molar-refractivity contribution in [1.82, 2.24) is 9.88 Å². The summed E-state index contributed by atoms with van der Waals surface area (Å²) >= 11 is 3.22. The molecule has 1 aromatic heterocycles. The Labute approximate surface area is 115 Å². The molecular weight excluding hydrogens is 296 g/mol. The number of H-pyrrole nitrogens is 1. The number of nitrogens with one attached hydrogen (secondary N) is 1. The largest absolute Gasteiger partial charge is 0.363 e. The van der Waals surface area contributed by atoms with Gasteiger partial charge in [-0.1, -0.05) is 6.92 Å². The first-order chi connectivity index (χ1) is 8.43. The molecule has 1 N–H and O–H groups in total. The Balaban J connectivity index is 2.36. The minimum atomic E-state index is -0.233. The predicted octanol–water partition coefficient (Wildman–Crippen LogP) is 2.32. The van der Waals surface area contributed by atoms with Crippen molar-refractivity contribution in [1.29, 1.82) is 0 Å². The minimum Gasteiger partial charge on any atom is -0.363 e. The number of hydrogen-bond acceptors (Lipinski definition) is 2. The van der Waals surface area contributed by atoms with Crippen LogP contribution in [0.15, 0.2) is 15.5 Å². The van der Waals surface area contributed by atoms with Crippen LogP contribution in [0.2, 0.25) is 0 Å². The first-order valence-electron chi connectivity index (χ1n) is 6.12. The van der Waals surface area contributed by atoms with E-state index in [2.05, 4.69) is 27.8 Å². The van der Waals surface area contributed by atoms with Crippen LogP contribution in [0.5, 0.6) is 0 Å². The van der Waals surface area contributed by atoms with Gasteiger partial charge in [0.1, 0.15) is 5.56 Å². The maximum absolute atomic E-state index is 12.4. The van der Waals surface area contributed by atoms with Crippen LogP contribution < -0.4 is 5.43 Å². The molecule has 0 bridgehead atoms. The van der Waals surface area contributed by atoms with Gasteiger partial charge in [-0.05, 0) is 42.1 Å². The van der Waals surface area contributed by atoms with Gasteiger partial charge in [-0.25, -0.2) is 0 Å². The Morgan fingerprint density at radius 1 is 1.50 bits per heavy atom. The summed E-state index contributed by atoms with van der Waals surface area (Å²) in [7, 11) is 0. The third-order valence-corrected chi connectivity index (χ3v) is 4.79. The van der Waals surface area contributed by atoms with Gasteiger partial charge in [0.05, 0.1) is 4.47 Å². The van der Waals surface area contributed by atoms with E-state index >= 15 is 0 Å². The molecule has 18 heavy (non-hydrogen) atoms. The van der Waals surface area contributed by atoms with Crippen molar-refractivity contribution in [2.24, 2.45) is 5.92 Å². The summed E-state index contributed by atoms with van der Waals surface area (Å²) in [6, 6.07) is 0.192. The highest BCUT2D eigenvalue weighted by atomic mass is 79.9. The second-order valence-corrected chi connectivity index (χ2v) is 5.77. The van der Waals surface area contributed by atoms with Gasteiger partial charge in [0.15, 0.2) is 0 Å². The van der Waals surface area contributed by atoms with Crippen molar-refractivity contribution < 1.29 is 4.79 Å². The molecule has 0 aromatic carbocycles. The van der Waals surface area contributed by atoms with Crippen molar-refractivity contribution in [2.75, 3.05) is 6.54 Å². The minimum absolute atomic E-state index is 0.172. The van der Waals surface area contributed by atoms with Crippen LogP contribution in [0, 0.1) is 12.8 Å². The van der Waals surface area contributed by atoms with E-state index in [0.717, 1.165) is 18.7 Å². The summed E-state index contributed by atoms with van der Waals surface area (Å²) in [5, 5.41) is 0. The maximum atomic E-state index is 12.4. The molecule has 2 heterocycles. The van der Waals surface area contributed by atoms with Crippen molar-refractivity contribution in [3.8, 4) is 0 Å². The van der Waals surface area contributed by atoms with Crippen LogP contribution in [0.25, 0.3) is 0 Å². The van der Waals surface area contributed by atoms with Gasteiger partial charge in [-0.3, -0.25) is 9.59 Å². The lowest BCUT2D eigenvalue weighted by molar-refractivity contribution is 0.0733. The third-order valence-electron chi connectivity index (χ3n) is 3.84. The Hall–Kier alpha value is -1.10. The molecule has 1 aromatic rings. The molecule has 98 valence electrons. The summed E-state index contributed by atoms with van der Waals surface area (Å²) in [6.07, 6.45) is 2.51. The van der Waals surface area contributed by atoms with Gasteiger partial charge in [0.2, 0.25) is 5.43 Å². The average molecular weight is 313 g/mol. The molecule has 5 heteroatoms. The van der Waals surface area contributed by atoms with Gasteiger partial charge in [0, 0.05) is 24.5 Å². The number of halogens is 1. The van der Waals surface area contributed by atoms with Crippen LogP contribution in [0.1, 0.15) is 36.3 Å². The van der Waals surface area contributed by atoms with Gasteiger partial charge in [0.25, 0.3) is 5.91 Å². The molecule has 4 nitrogen and oxygen atoms in total. The Morgan fingerprint density at radius 2 is 2.17 bits per heavy atom. The lowest BCUT2D eigenvalue weighted by Crippen LogP contribution is -2.38. The molecule has 0 radical (unpaired) electrons. The maximum Gasteiger partial charge on any atom is 0.259 e. The van der Waals surface area contributed by atoms with Crippen LogP contribution in [0.3, 0.4) is 0 Å². The quantitative estimate of drug-likeness (QED) is 0.865. The summed E-state index contributed by atoms with van der Waals surface area (Å²) in [5.41, 5.74) is 0.718. The van der Waals surface area contributed by atoms with E-state index in [1.807, 2.05) is 6.92 Å². The summed E-state index contributed by atoms with van der Waals surface area (Å²) in [4.78, 5) is 29.2. The number of amides is 1. The van der Waals surface area contributed by atoms with Gasteiger partial charge >= 0.3 is 0 Å². The number of carbonyl (C=O) groups excluding carboxylic acids is 1. The monoisotopic (exact) mass is 312 g/mol. The number of aryl methyl sites for hydroxylation is 1. The average Bonchev–Trinajstić information content (AvgIpc) is 2.67. The molecule has 0 spiro atoms. The standard InChI is InChI=1S/C13H17BrN2O2/c1-7-4-5-16(9(7)3)13(18)10-6-15-8(2)11(14)12(10)17/h6-7,9H,4-5H2,1-3H3,(H,15,17)/t7-,9+/m1/s1. The Kier molecular flexibility index (Phi) is 3.61. The molecular formula is C13H17BrN2O2. The molecule has 0 unspecified atom stereocenters. The number of pyridine rings is 1. The van der Waals surface area contributed by atoms with Crippen molar-refractivity contribution in [2.45, 2.75) is 33.2 Å². The molecule has 1 saturated heterocycles. The number of aromatic amines is 1. The normalized spacial score (nSPS) is 23.4. The van der Waals surface area contributed by atoms with E-state index in [1.54, 1.807) is 11.8 Å². The predicted molar refractivity (Wildman–Crippen MR) is 73.8 cm³/mol. The second kappa shape index (κ2) is 4.88. The van der Waals surface area contributed by atoms with Gasteiger partial charge in [-0.2, -0.15) is 0 Å². The first kappa shape index (κ1) is 13.3. The van der Waals surface area contributed by atoms with E-state index in [0.29, 0.717) is 10.4 Å². The topological polar surface area (TPSA) is 53.2 Å². The van der Waals surface area contributed by atoms with E-state index in [9.17, 15) is 9.59 Å². The number of rotatable bonds is 1. The molecule has 0 aliphatic carbocycles. The summed E-state index contributed by atoms with van der Waals surface area (Å²) in [5.74, 6) is 0.315. The lowest BCUT2D eigenvalue weighted by Gasteiger charge is -2.23. The molecule has 0 saturated carbocycles. The fourth-order valence-electron chi connectivity index (χ4n) is 2.29. The Bertz CT molecular complexity index is 538. The summed E-state index contributed by atoms with van der Waals surface area (Å²) < 4.78 is 0.438. The first-order valence-corrected chi connectivity index (χ1v) is 6.91. The number of likely N-dealkylation sites (tertiary alicyclic amines) is 1. The number of hydrogen-bond donors (Lipinski definition) is 1. The molecule has 1 aliphatic heterocycles. The van der Waals surface area contributed by atoms with Crippen molar-refractivity contribution in [3.63, 3.8) is 0 Å². The Morgan fingerprint density at radius 3 is 2.72 bits per heavy atom. The van der Waals surface area contributed by atoms with Crippen LogP contribution in [0.4, 0.5) is 0 Å². The summed E-state index contributed by atoms with van der Waals surface area (Å²) in [6.45, 7) is 6.69. The molecule has 1 fully saturated rings. The number of carbonyl (C=O) groups is 1. The second-order valence-electron chi connectivity index (χ2n) is 4.98. The van der Waals surface area contributed by atoms with E-state index in [4.69, 9.17) is 0 Å². The SMILES string of the molecule is Cc1[nH]cc(C(=O)N2CC[C@@H](C)[C@@H]2C)c(=O)c1Br. The van der Waals surface area contributed by atoms with Gasteiger partial charge in [-0.15, -0.1) is 0 Å². The highest BCUT2D eigenvalue weighted by Gasteiger charge is 2.32. The molecule has 2 rings (SSSR count). The highest BCUT2D eigenvalue weighted by molar-refractivity contribution is 9.10. The van der Waals surface area contributed by atoms with E-state index < -0.39 is 0 Å². The van der Waals surface area contributed by atoms with Crippen LogP contribution in [-0.4, -0.2) is 28.4 Å². The number of nitrogens with zero attached hydrogens (tertiary/aromatic N) is 1. The van der Waals surface area contributed by atoms with Crippen molar-refractivity contribution >= 4 is 21.8 Å². The zero-order valence-electron chi connectivity index (χ0n) is 10.8. The van der Waals surface area contributed by atoms with E-state index in [-0.39, 0.29) is 22.9 Å². The van der Waals surface area contributed by atoms with Crippen LogP contribution in [-0.2, 0) is 0 Å².